The highest BCUT2D eigenvalue weighted by Gasteiger charge is 2.37. The lowest BCUT2D eigenvalue weighted by atomic mass is 9.83. The molecular formula is C25H29N5O. The van der Waals surface area contributed by atoms with E-state index < -0.39 is 0 Å². The number of carbonyl (C=O) groups excluding carboxylic acids is 1. The molecule has 5 rings (SSSR count). The Labute approximate surface area is 183 Å². The molecule has 31 heavy (non-hydrogen) atoms. The second kappa shape index (κ2) is 9.02. The number of aromatic amines is 1. The molecule has 2 aliphatic heterocycles. The number of imidazole rings is 1. The van der Waals surface area contributed by atoms with Gasteiger partial charge in [-0.2, -0.15) is 0 Å². The van der Waals surface area contributed by atoms with Crippen LogP contribution in [0.3, 0.4) is 0 Å². The van der Waals surface area contributed by atoms with Gasteiger partial charge in [0.2, 0.25) is 0 Å². The predicted molar refractivity (Wildman–Crippen MR) is 120 cm³/mol. The molecule has 4 heterocycles. The van der Waals surface area contributed by atoms with E-state index in [1.807, 2.05) is 23.4 Å². The van der Waals surface area contributed by atoms with Gasteiger partial charge in [0, 0.05) is 50.7 Å². The first-order valence-electron chi connectivity index (χ1n) is 11.3. The largest absolute Gasteiger partial charge is 0.348 e. The monoisotopic (exact) mass is 415 g/mol. The lowest BCUT2D eigenvalue weighted by molar-refractivity contribution is 0.0549. The number of fused-ring (bicyclic) bond motifs is 1. The first kappa shape index (κ1) is 19.9. The number of hydrogen-bond acceptors (Lipinski definition) is 4. The van der Waals surface area contributed by atoms with Gasteiger partial charge in [-0.3, -0.25) is 14.7 Å². The Hall–Kier alpha value is -2.99. The second-order valence-corrected chi connectivity index (χ2v) is 8.60. The van der Waals surface area contributed by atoms with Crippen LogP contribution >= 0.6 is 0 Å². The van der Waals surface area contributed by atoms with Crippen molar-refractivity contribution in [2.75, 3.05) is 26.2 Å². The molecule has 0 saturated carbocycles. The number of piperidine rings is 1. The van der Waals surface area contributed by atoms with Crippen molar-refractivity contribution >= 4 is 5.91 Å². The molecule has 6 nitrogen and oxygen atoms in total. The van der Waals surface area contributed by atoms with E-state index in [1.165, 1.54) is 17.0 Å². The molecule has 0 bridgehead atoms. The van der Waals surface area contributed by atoms with Gasteiger partial charge >= 0.3 is 0 Å². The van der Waals surface area contributed by atoms with Crippen LogP contribution in [0.5, 0.6) is 0 Å². The van der Waals surface area contributed by atoms with Crippen molar-refractivity contribution in [3.05, 3.63) is 83.7 Å². The molecule has 1 N–H and O–H groups in total. The summed E-state index contributed by atoms with van der Waals surface area (Å²) in [6.07, 6.45) is 9.30. The minimum absolute atomic E-state index is 0.0941. The number of carbonyl (C=O) groups is 1. The molecule has 3 aromatic rings. The van der Waals surface area contributed by atoms with Crippen LogP contribution in [0, 0.1) is 5.92 Å². The lowest BCUT2D eigenvalue weighted by Crippen LogP contribution is -2.45. The van der Waals surface area contributed by atoms with E-state index in [1.54, 1.807) is 12.4 Å². The molecule has 160 valence electrons. The van der Waals surface area contributed by atoms with Crippen LogP contribution in [0.2, 0.25) is 0 Å². The van der Waals surface area contributed by atoms with Crippen molar-refractivity contribution in [2.24, 2.45) is 5.92 Å². The average Bonchev–Trinajstić information content (AvgIpc) is 3.32. The van der Waals surface area contributed by atoms with Crippen LogP contribution in [0.1, 0.15) is 46.2 Å². The Bertz CT molecular complexity index is 995. The fraction of sp³-hybridized carbons (Fsp3) is 0.400. The number of nitrogens with one attached hydrogen (secondary N) is 1. The Balaban J connectivity index is 1.28. The SMILES string of the molecule is O=C(c1cccnc1)N1CCC(C2c3nc[nH]c3CCN2CCc2ccccc2)CC1. The summed E-state index contributed by atoms with van der Waals surface area (Å²) in [6.45, 7) is 3.68. The number of hydrogen-bond donors (Lipinski definition) is 1. The summed E-state index contributed by atoms with van der Waals surface area (Å²) in [7, 11) is 0. The predicted octanol–water partition coefficient (Wildman–Crippen LogP) is 3.50. The average molecular weight is 416 g/mol. The van der Waals surface area contributed by atoms with Gasteiger partial charge in [-0.05, 0) is 42.9 Å². The number of pyridine rings is 1. The fourth-order valence-corrected chi connectivity index (χ4v) is 5.13. The van der Waals surface area contributed by atoms with Gasteiger partial charge < -0.3 is 9.88 Å². The minimum Gasteiger partial charge on any atom is -0.348 e. The summed E-state index contributed by atoms with van der Waals surface area (Å²) >= 11 is 0. The highest BCUT2D eigenvalue weighted by Crippen LogP contribution is 2.38. The maximum Gasteiger partial charge on any atom is 0.255 e. The summed E-state index contributed by atoms with van der Waals surface area (Å²) < 4.78 is 0. The van der Waals surface area contributed by atoms with Crippen LogP contribution < -0.4 is 0 Å². The third-order valence-electron chi connectivity index (χ3n) is 6.79. The molecular weight excluding hydrogens is 386 g/mol. The molecule has 2 aromatic heterocycles. The van der Waals surface area contributed by atoms with Crippen LogP contribution in [0.4, 0.5) is 0 Å². The molecule has 1 aromatic carbocycles. The third-order valence-corrected chi connectivity index (χ3v) is 6.79. The Morgan fingerprint density at radius 3 is 2.68 bits per heavy atom. The molecule has 6 heteroatoms. The Morgan fingerprint density at radius 2 is 1.90 bits per heavy atom. The van der Waals surface area contributed by atoms with Gasteiger partial charge in [0.1, 0.15) is 0 Å². The van der Waals surface area contributed by atoms with E-state index in [4.69, 9.17) is 4.98 Å². The van der Waals surface area contributed by atoms with Crippen molar-refractivity contribution in [1.29, 1.82) is 0 Å². The van der Waals surface area contributed by atoms with E-state index >= 15 is 0 Å². The standard InChI is InChI=1S/C25H29N5O/c31-25(21-7-4-12-26-17-21)30-14-9-20(10-15-30)24-23-22(27-18-28-23)11-16-29(24)13-8-19-5-2-1-3-6-19/h1-7,12,17-18,20,24H,8-11,13-16H2,(H,27,28). The van der Waals surface area contributed by atoms with E-state index in [0.717, 1.165) is 51.9 Å². The first-order chi connectivity index (χ1) is 15.3. The number of rotatable bonds is 5. The third kappa shape index (κ3) is 4.26. The highest BCUT2D eigenvalue weighted by atomic mass is 16.2. The van der Waals surface area contributed by atoms with Gasteiger partial charge in [0.15, 0.2) is 0 Å². The van der Waals surface area contributed by atoms with Gasteiger partial charge in [0.25, 0.3) is 5.91 Å². The van der Waals surface area contributed by atoms with Crippen molar-refractivity contribution < 1.29 is 4.79 Å². The molecule has 2 aliphatic rings. The van der Waals surface area contributed by atoms with Gasteiger partial charge in [-0.1, -0.05) is 30.3 Å². The second-order valence-electron chi connectivity index (χ2n) is 8.60. The van der Waals surface area contributed by atoms with E-state index in [9.17, 15) is 4.79 Å². The number of benzene rings is 1. The maximum absolute atomic E-state index is 12.8. The van der Waals surface area contributed by atoms with Crippen molar-refractivity contribution in [2.45, 2.75) is 31.7 Å². The van der Waals surface area contributed by atoms with E-state index in [2.05, 4.69) is 45.2 Å². The zero-order chi connectivity index (χ0) is 21.0. The minimum atomic E-state index is 0.0941. The van der Waals surface area contributed by atoms with Gasteiger partial charge in [-0.15, -0.1) is 0 Å². The molecule has 0 radical (unpaired) electrons. The molecule has 1 amide bonds. The topological polar surface area (TPSA) is 65.1 Å². The number of likely N-dealkylation sites (tertiary alicyclic amines) is 1. The lowest BCUT2D eigenvalue weighted by Gasteiger charge is -2.43. The van der Waals surface area contributed by atoms with Crippen LogP contribution in [0.15, 0.2) is 61.2 Å². The first-order valence-corrected chi connectivity index (χ1v) is 11.3. The van der Waals surface area contributed by atoms with Gasteiger partial charge in [0.05, 0.1) is 23.6 Å². The summed E-state index contributed by atoms with van der Waals surface area (Å²) in [6, 6.07) is 14.7. The summed E-state index contributed by atoms with van der Waals surface area (Å²) in [5.74, 6) is 0.604. The van der Waals surface area contributed by atoms with E-state index in [0.29, 0.717) is 17.5 Å². The van der Waals surface area contributed by atoms with Crippen LogP contribution in [-0.4, -0.2) is 56.8 Å². The summed E-state index contributed by atoms with van der Waals surface area (Å²) in [4.78, 5) is 29.6. The number of aromatic nitrogens is 3. The molecule has 0 aliphatic carbocycles. The smallest absolute Gasteiger partial charge is 0.255 e. The normalized spacial score (nSPS) is 19.9. The zero-order valence-electron chi connectivity index (χ0n) is 17.8. The summed E-state index contributed by atoms with van der Waals surface area (Å²) in [5.41, 5.74) is 4.56. The van der Waals surface area contributed by atoms with Crippen LogP contribution in [-0.2, 0) is 12.8 Å². The number of H-pyrrole nitrogens is 1. The van der Waals surface area contributed by atoms with Gasteiger partial charge in [-0.25, -0.2) is 4.98 Å². The Kier molecular flexibility index (Phi) is 5.80. The molecule has 0 spiro atoms. The van der Waals surface area contributed by atoms with Crippen molar-refractivity contribution in [1.82, 2.24) is 24.8 Å². The quantitative estimate of drug-likeness (QED) is 0.693. The molecule has 1 saturated heterocycles. The Morgan fingerprint density at radius 1 is 1.06 bits per heavy atom. The fourth-order valence-electron chi connectivity index (χ4n) is 5.13. The van der Waals surface area contributed by atoms with Crippen molar-refractivity contribution in [3.8, 4) is 0 Å². The number of nitrogens with zero attached hydrogens (tertiary/aromatic N) is 4. The van der Waals surface area contributed by atoms with Crippen LogP contribution in [0.25, 0.3) is 0 Å². The molecule has 1 atom stereocenters. The number of amides is 1. The maximum atomic E-state index is 12.8. The summed E-state index contributed by atoms with van der Waals surface area (Å²) in [5, 5.41) is 0. The molecule has 1 unspecified atom stereocenters. The van der Waals surface area contributed by atoms with E-state index in [-0.39, 0.29) is 5.91 Å². The van der Waals surface area contributed by atoms with Crippen molar-refractivity contribution in [3.63, 3.8) is 0 Å². The molecule has 1 fully saturated rings. The zero-order valence-corrected chi connectivity index (χ0v) is 17.8. The highest BCUT2D eigenvalue weighted by molar-refractivity contribution is 5.93.